The van der Waals surface area contributed by atoms with Crippen LogP contribution in [0.4, 0.5) is 13.2 Å². The lowest BCUT2D eigenvalue weighted by Gasteiger charge is -2.14. The van der Waals surface area contributed by atoms with E-state index in [-0.39, 0.29) is 12.1 Å². The average Bonchev–Trinajstić information content (AvgIpc) is 2.82. The van der Waals surface area contributed by atoms with E-state index >= 15 is 0 Å². The Bertz CT molecular complexity index is 611. The Labute approximate surface area is 123 Å². The number of halogens is 3. The van der Waals surface area contributed by atoms with Crippen molar-refractivity contribution in [3.05, 3.63) is 29.3 Å². The number of hydrogen-bond donors (Lipinski definition) is 1. The van der Waals surface area contributed by atoms with Gasteiger partial charge in [0.1, 0.15) is 0 Å². The number of benzene rings is 1. The maximum atomic E-state index is 13.1. The van der Waals surface area contributed by atoms with E-state index in [1.54, 1.807) is 13.1 Å². The summed E-state index contributed by atoms with van der Waals surface area (Å²) in [5.41, 5.74) is -0.409. The summed E-state index contributed by atoms with van der Waals surface area (Å²) in [7, 11) is 1.63. The fourth-order valence-electron chi connectivity index (χ4n) is 1.71. The summed E-state index contributed by atoms with van der Waals surface area (Å²) in [6.07, 6.45) is -4.39. The third-order valence-corrected chi connectivity index (χ3v) is 3.76. The molecule has 1 N–H and O–H groups in total. The van der Waals surface area contributed by atoms with Gasteiger partial charge in [0, 0.05) is 18.5 Å². The van der Waals surface area contributed by atoms with Gasteiger partial charge in [0.25, 0.3) is 0 Å². The van der Waals surface area contributed by atoms with E-state index in [9.17, 15) is 13.2 Å². The minimum atomic E-state index is -4.39. The maximum absolute atomic E-state index is 13.1. The van der Waals surface area contributed by atoms with Crippen LogP contribution < -0.4 is 5.32 Å². The molecule has 0 atom stereocenters. The van der Waals surface area contributed by atoms with Gasteiger partial charge in [0.05, 0.1) is 5.56 Å². The third-order valence-electron chi connectivity index (χ3n) is 2.74. The summed E-state index contributed by atoms with van der Waals surface area (Å²) in [6.45, 7) is 2.64. The molecule has 1 heterocycles. The van der Waals surface area contributed by atoms with Crippen molar-refractivity contribution in [1.82, 2.24) is 25.5 Å². The van der Waals surface area contributed by atoms with Gasteiger partial charge in [-0.3, -0.25) is 0 Å². The lowest BCUT2D eigenvalue weighted by Crippen LogP contribution is -2.17. The van der Waals surface area contributed by atoms with E-state index in [4.69, 9.17) is 0 Å². The molecule has 21 heavy (non-hydrogen) atoms. The number of aryl methyl sites for hydroxylation is 1. The van der Waals surface area contributed by atoms with E-state index in [1.165, 1.54) is 10.7 Å². The monoisotopic (exact) mass is 317 g/mol. The van der Waals surface area contributed by atoms with Crippen molar-refractivity contribution >= 4 is 11.8 Å². The van der Waals surface area contributed by atoms with E-state index in [1.807, 2.05) is 6.92 Å². The SMILES string of the molecule is CCNCc1ccc(Sc2nnnn2C)cc1C(F)(F)F. The van der Waals surface area contributed by atoms with Crippen molar-refractivity contribution < 1.29 is 13.2 Å². The summed E-state index contributed by atoms with van der Waals surface area (Å²) in [5.74, 6) is 0. The summed E-state index contributed by atoms with van der Waals surface area (Å²) < 4.78 is 40.8. The number of hydrogen-bond acceptors (Lipinski definition) is 5. The molecule has 0 aliphatic rings. The van der Waals surface area contributed by atoms with E-state index in [0.717, 1.165) is 17.8 Å². The molecule has 2 rings (SSSR count). The molecular weight excluding hydrogens is 303 g/mol. The fraction of sp³-hybridized carbons (Fsp3) is 0.417. The smallest absolute Gasteiger partial charge is 0.313 e. The Morgan fingerprint density at radius 2 is 2.10 bits per heavy atom. The van der Waals surface area contributed by atoms with Crippen LogP contribution in [0.1, 0.15) is 18.1 Å². The molecule has 0 radical (unpaired) electrons. The minimum absolute atomic E-state index is 0.182. The van der Waals surface area contributed by atoms with Gasteiger partial charge in [-0.05, 0) is 46.4 Å². The zero-order valence-electron chi connectivity index (χ0n) is 11.5. The molecule has 114 valence electrons. The molecule has 0 aliphatic heterocycles. The highest BCUT2D eigenvalue weighted by Gasteiger charge is 2.33. The van der Waals surface area contributed by atoms with Gasteiger partial charge in [-0.25, -0.2) is 4.68 Å². The second-order valence-electron chi connectivity index (χ2n) is 4.28. The molecule has 0 unspecified atom stereocenters. The van der Waals surface area contributed by atoms with Crippen LogP contribution in [0.2, 0.25) is 0 Å². The highest BCUT2D eigenvalue weighted by atomic mass is 32.2. The Kier molecular flexibility index (Phi) is 4.84. The van der Waals surface area contributed by atoms with Crippen LogP contribution in [0.3, 0.4) is 0 Å². The first-order valence-electron chi connectivity index (χ1n) is 6.23. The predicted octanol–water partition coefficient (Wildman–Crippen LogP) is 2.49. The van der Waals surface area contributed by atoms with Crippen molar-refractivity contribution in [2.24, 2.45) is 7.05 Å². The second kappa shape index (κ2) is 6.44. The molecular formula is C12H14F3N5S. The van der Waals surface area contributed by atoms with Crippen LogP contribution in [-0.2, 0) is 19.8 Å². The number of nitrogens with zero attached hydrogens (tertiary/aromatic N) is 4. The van der Waals surface area contributed by atoms with Crippen LogP contribution in [-0.4, -0.2) is 26.8 Å². The lowest BCUT2D eigenvalue weighted by molar-refractivity contribution is -0.138. The zero-order chi connectivity index (χ0) is 15.5. The van der Waals surface area contributed by atoms with Crippen molar-refractivity contribution in [1.29, 1.82) is 0 Å². The summed E-state index contributed by atoms with van der Waals surface area (Å²) in [4.78, 5) is 0.445. The summed E-state index contributed by atoms with van der Waals surface area (Å²) in [6, 6.07) is 4.25. The van der Waals surface area contributed by atoms with Gasteiger partial charge in [0.2, 0.25) is 5.16 Å². The molecule has 1 aromatic carbocycles. The van der Waals surface area contributed by atoms with Crippen LogP contribution in [0.5, 0.6) is 0 Å². The molecule has 2 aromatic rings. The van der Waals surface area contributed by atoms with Gasteiger partial charge in [-0.2, -0.15) is 13.2 Å². The molecule has 0 bridgehead atoms. The number of nitrogens with one attached hydrogen (secondary N) is 1. The van der Waals surface area contributed by atoms with Gasteiger partial charge >= 0.3 is 6.18 Å². The van der Waals surface area contributed by atoms with E-state index in [2.05, 4.69) is 20.8 Å². The summed E-state index contributed by atoms with van der Waals surface area (Å²) in [5, 5.41) is 14.2. The first kappa shape index (κ1) is 15.8. The number of alkyl halides is 3. The van der Waals surface area contributed by atoms with Crippen molar-refractivity contribution in [3.63, 3.8) is 0 Å². The van der Waals surface area contributed by atoms with Crippen molar-refractivity contribution in [3.8, 4) is 0 Å². The molecule has 0 fully saturated rings. The Morgan fingerprint density at radius 3 is 2.67 bits per heavy atom. The van der Waals surface area contributed by atoms with Crippen molar-refractivity contribution in [2.75, 3.05) is 6.54 Å². The second-order valence-corrected chi connectivity index (χ2v) is 5.32. The minimum Gasteiger partial charge on any atom is -0.313 e. The van der Waals surface area contributed by atoms with Crippen molar-refractivity contribution in [2.45, 2.75) is 29.7 Å². The number of tetrazole rings is 1. The molecule has 5 nitrogen and oxygen atoms in total. The Balaban J connectivity index is 2.30. The van der Waals surface area contributed by atoms with Crippen LogP contribution in [0, 0.1) is 0 Å². The van der Waals surface area contributed by atoms with E-state index in [0.29, 0.717) is 16.6 Å². The lowest BCUT2D eigenvalue weighted by atomic mass is 10.1. The number of aromatic nitrogens is 4. The molecule has 0 aliphatic carbocycles. The Hall–Kier alpha value is -1.61. The highest BCUT2D eigenvalue weighted by Crippen LogP contribution is 2.36. The summed E-state index contributed by atoms with van der Waals surface area (Å²) >= 11 is 1.09. The first-order valence-corrected chi connectivity index (χ1v) is 7.04. The molecule has 0 amide bonds. The average molecular weight is 317 g/mol. The van der Waals surface area contributed by atoms with Crippen LogP contribution in [0.15, 0.2) is 28.3 Å². The molecule has 0 saturated carbocycles. The molecule has 1 aromatic heterocycles. The number of rotatable bonds is 5. The van der Waals surface area contributed by atoms with Gasteiger partial charge in [0.15, 0.2) is 0 Å². The molecule has 0 spiro atoms. The van der Waals surface area contributed by atoms with Gasteiger partial charge < -0.3 is 5.32 Å². The normalized spacial score (nSPS) is 11.9. The molecule has 9 heteroatoms. The first-order chi connectivity index (χ1) is 9.91. The zero-order valence-corrected chi connectivity index (χ0v) is 12.3. The third kappa shape index (κ3) is 3.94. The van der Waals surface area contributed by atoms with Crippen LogP contribution >= 0.6 is 11.8 Å². The van der Waals surface area contributed by atoms with E-state index < -0.39 is 11.7 Å². The Morgan fingerprint density at radius 1 is 1.33 bits per heavy atom. The van der Waals surface area contributed by atoms with Crippen LogP contribution in [0.25, 0.3) is 0 Å². The maximum Gasteiger partial charge on any atom is 0.416 e. The quantitative estimate of drug-likeness (QED) is 0.918. The van der Waals surface area contributed by atoms with Gasteiger partial charge in [-0.15, -0.1) is 5.10 Å². The topological polar surface area (TPSA) is 55.6 Å². The molecule has 0 saturated heterocycles. The predicted molar refractivity (Wildman–Crippen MR) is 71.7 cm³/mol. The van der Waals surface area contributed by atoms with Gasteiger partial charge in [-0.1, -0.05) is 13.0 Å². The fourth-order valence-corrected chi connectivity index (χ4v) is 2.48. The highest BCUT2D eigenvalue weighted by molar-refractivity contribution is 7.99. The largest absolute Gasteiger partial charge is 0.416 e. The standard InChI is InChI=1S/C12H14F3N5S/c1-3-16-7-8-4-5-9(6-10(8)12(13,14)15)21-11-17-18-19-20(11)2/h4-6,16H,3,7H2,1-2H3.